The van der Waals surface area contributed by atoms with Gasteiger partial charge in [0, 0.05) is 14.2 Å². The molecule has 1 aliphatic heterocycles. The molecule has 0 radical (unpaired) electrons. The average molecular weight is 434 g/mol. The van der Waals surface area contributed by atoms with Crippen LogP contribution >= 0.6 is 0 Å². The molecule has 0 bridgehead atoms. The van der Waals surface area contributed by atoms with Gasteiger partial charge in [-0.15, -0.1) is 0 Å². The Labute approximate surface area is 186 Å². The van der Waals surface area contributed by atoms with E-state index < -0.39 is 12.1 Å². The van der Waals surface area contributed by atoms with Crippen molar-refractivity contribution in [2.75, 3.05) is 40.8 Å². The number of rotatable bonds is 7. The number of benzene rings is 3. The lowest BCUT2D eigenvalue weighted by Crippen LogP contribution is -2.57. The molecule has 0 atom stereocenters. The first-order chi connectivity index (χ1) is 15.5. The number of carbonyl (C=O) groups excluding carboxylic acids is 2. The molecule has 0 unspecified atom stereocenters. The molecular formula is C25H26N2O5. The zero-order chi connectivity index (χ0) is 22.7. The quantitative estimate of drug-likeness (QED) is 0.414. The molecule has 0 aliphatic carbocycles. The highest BCUT2D eigenvalue weighted by atomic mass is 16.5. The summed E-state index contributed by atoms with van der Waals surface area (Å²) in [6.45, 7) is 4.59. The number of hydrogen-bond acceptors (Lipinski definition) is 5. The van der Waals surface area contributed by atoms with Crippen LogP contribution in [0, 0.1) is 0 Å². The summed E-state index contributed by atoms with van der Waals surface area (Å²) >= 11 is 0. The molecule has 2 amide bonds. The van der Waals surface area contributed by atoms with Gasteiger partial charge in [0.25, 0.3) is 0 Å². The van der Waals surface area contributed by atoms with Crippen molar-refractivity contribution >= 4 is 39.6 Å². The van der Waals surface area contributed by atoms with Gasteiger partial charge in [-0.25, -0.2) is 9.59 Å². The Bertz CT molecular complexity index is 1160. The smallest absolute Gasteiger partial charge is 0.338 e. The highest BCUT2D eigenvalue weighted by molar-refractivity contribution is 6.02. The number of fused-ring (bicyclic) bond motifs is 2. The van der Waals surface area contributed by atoms with Gasteiger partial charge in [0.15, 0.2) is 0 Å². The number of ether oxygens (including phenoxy) is 3. The molecular weight excluding hydrogens is 408 g/mol. The second kappa shape index (κ2) is 9.38. The van der Waals surface area contributed by atoms with Crippen molar-refractivity contribution < 1.29 is 23.8 Å². The third-order valence-corrected chi connectivity index (χ3v) is 5.52. The van der Waals surface area contributed by atoms with Crippen LogP contribution in [0.5, 0.6) is 0 Å². The molecule has 0 saturated carbocycles. The minimum absolute atomic E-state index is 0.115. The molecule has 1 saturated heterocycles. The van der Waals surface area contributed by atoms with E-state index >= 15 is 0 Å². The van der Waals surface area contributed by atoms with E-state index in [4.69, 9.17) is 14.2 Å². The fourth-order valence-corrected chi connectivity index (χ4v) is 4.00. The van der Waals surface area contributed by atoms with Crippen LogP contribution in [-0.2, 0) is 14.2 Å². The van der Waals surface area contributed by atoms with Gasteiger partial charge in [0.1, 0.15) is 19.6 Å². The maximum absolute atomic E-state index is 12.9. The van der Waals surface area contributed by atoms with Crippen molar-refractivity contribution in [2.24, 2.45) is 0 Å². The highest BCUT2D eigenvalue weighted by Gasteiger charge is 2.34. The van der Waals surface area contributed by atoms with E-state index in [9.17, 15) is 9.59 Å². The van der Waals surface area contributed by atoms with Crippen LogP contribution in [-0.4, -0.2) is 68.7 Å². The highest BCUT2D eigenvalue weighted by Crippen LogP contribution is 2.26. The normalized spacial score (nSPS) is 14.9. The summed E-state index contributed by atoms with van der Waals surface area (Å²) in [6, 6.07) is 15.6. The van der Waals surface area contributed by atoms with Gasteiger partial charge < -0.3 is 14.2 Å². The molecule has 32 heavy (non-hydrogen) atoms. The first-order valence-electron chi connectivity index (χ1n) is 10.3. The van der Waals surface area contributed by atoms with Crippen LogP contribution in [0.3, 0.4) is 0 Å². The zero-order valence-corrected chi connectivity index (χ0v) is 18.2. The molecule has 3 aromatic carbocycles. The van der Waals surface area contributed by atoms with E-state index in [1.165, 1.54) is 24.0 Å². The van der Waals surface area contributed by atoms with E-state index in [1.54, 1.807) is 6.07 Å². The van der Waals surface area contributed by atoms with Crippen LogP contribution in [0.1, 0.15) is 15.9 Å². The Hall–Kier alpha value is -3.42. The van der Waals surface area contributed by atoms with Crippen molar-refractivity contribution in [1.29, 1.82) is 0 Å². The number of carbonyl (C=O) groups is 2. The second-order valence-electron chi connectivity index (χ2n) is 7.82. The van der Waals surface area contributed by atoms with Crippen LogP contribution in [0.4, 0.5) is 4.79 Å². The monoisotopic (exact) mass is 434 g/mol. The van der Waals surface area contributed by atoms with Crippen molar-refractivity contribution in [3.8, 4) is 0 Å². The third-order valence-electron chi connectivity index (χ3n) is 5.52. The fourth-order valence-electron chi connectivity index (χ4n) is 4.00. The molecule has 0 spiro atoms. The van der Waals surface area contributed by atoms with Crippen LogP contribution in [0.15, 0.2) is 55.1 Å². The van der Waals surface area contributed by atoms with Gasteiger partial charge in [0.2, 0.25) is 0 Å². The molecule has 0 N–H and O–H groups in total. The largest absolute Gasteiger partial charge is 0.455 e. The lowest BCUT2D eigenvalue weighted by atomic mass is 10.00. The van der Waals surface area contributed by atoms with Crippen molar-refractivity contribution in [3.63, 3.8) is 0 Å². The van der Waals surface area contributed by atoms with E-state index in [2.05, 4.69) is 24.8 Å². The molecule has 7 nitrogen and oxygen atoms in total. The van der Waals surface area contributed by atoms with Crippen molar-refractivity contribution in [1.82, 2.24) is 9.80 Å². The van der Waals surface area contributed by atoms with Crippen molar-refractivity contribution in [2.45, 2.75) is 6.10 Å². The predicted molar refractivity (Wildman–Crippen MR) is 123 cm³/mol. The fraction of sp³-hybridized carbons (Fsp3) is 0.280. The molecule has 166 valence electrons. The SMILES string of the molecule is C=Cc1ccc2cc3cc(C(=O)OC4CN(COC)C(=O)N(COC)C4)ccc3cc2c1. The van der Waals surface area contributed by atoms with Crippen LogP contribution < -0.4 is 0 Å². The Morgan fingerprint density at radius 3 is 2.12 bits per heavy atom. The molecule has 1 aliphatic rings. The molecule has 1 fully saturated rings. The molecule has 7 heteroatoms. The Morgan fingerprint density at radius 2 is 1.53 bits per heavy atom. The summed E-state index contributed by atoms with van der Waals surface area (Å²) in [4.78, 5) is 28.3. The van der Waals surface area contributed by atoms with Gasteiger partial charge in [-0.3, -0.25) is 9.80 Å². The standard InChI is InChI=1S/C25H26N2O5/c1-4-17-5-6-18-11-22-12-20(8-7-19(22)10-21(18)9-17)24(28)32-23-13-26(15-30-2)25(29)27(14-23)16-31-3/h4-12,23H,1,13-16H2,2-3H3. The van der Waals surface area contributed by atoms with Gasteiger partial charge in [-0.2, -0.15) is 0 Å². The zero-order valence-electron chi connectivity index (χ0n) is 18.2. The van der Waals surface area contributed by atoms with Gasteiger partial charge in [-0.1, -0.05) is 30.9 Å². The minimum atomic E-state index is -0.491. The Balaban J connectivity index is 1.55. The van der Waals surface area contributed by atoms with E-state index in [-0.39, 0.29) is 32.6 Å². The average Bonchev–Trinajstić information content (AvgIpc) is 2.80. The maximum atomic E-state index is 12.9. The summed E-state index contributed by atoms with van der Waals surface area (Å²) in [6.07, 6.45) is 1.33. The minimum Gasteiger partial charge on any atom is -0.455 e. The lowest BCUT2D eigenvalue weighted by Gasteiger charge is -2.38. The van der Waals surface area contributed by atoms with Crippen molar-refractivity contribution in [3.05, 3.63) is 66.2 Å². The van der Waals surface area contributed by atoms with E-state index in [1.807, 2.05) is 30.3 Å². The number of hydrogen-bond donors (Lipinski definition) is 0. The van der Waals surface area contributed by atoms with Crippen LogP contribution in [0.25, 0.3) is 27.6 Å². The number of methoxy groups -OCH3 is 2. The van der Waals surface area contributed by atoms with E-state index in [0.29, 0.717) is 5.56 Å². The summed E-state index contributed by atoms with van der Waals surface area (Å²) in [5, 5.41) is 4.20. The first-order valence-corrected chi connectivity index (χ1v) is 10.3. The van der Waals surface area contributed by atoms with Gasteiger partial charge in [-0.05, 0) is 57.4 Å². The number of nitrogens with zero attached hydrogens (tertiary/aromatic N) is 2. The number of esters is 1. The third kappa shape index (κ3) is 4.44. The number of urea groups is 1. The summed E-state index contributed by atoms with van der Waals surface area (Å²) < 4.78 is 16.0. The predicted octanol–water partition coefficient (Wildman–Crippen LogP) is 4.11. The lowest BCUT2D eigenvalue weighted by molar-refractivity contribution is -0.0401. The van der Waals surface area contributed by atoms with Crippen LogP contribution in [0.2, 0.25) is 0 Å². The Morgan fingerprint density at radius 1 is 0.938 bits per heavy atom. The van der Waals surface area contributed by atoms with E-state index in [0.717, 1.165) is 27.1 Å². The summed E-state index contributed by atoms with van der Waals surface area (Å²) in [7, 11) is 3.03. The molecule has 1 heterocycles. The first kappa shape index (κ1) is 21.8. The topological polar surface area (TPSA) is 68.3 Å². The summed E-state index contributed by atoms with van der Waals surface area (Å²) in [5.41, 5.74) is 1.53. The number of amides is 2. The maximum Gasteiger partial charge on any atom is 0.338 e. The van der Waals surface area contributed by atoms with Gasteiger partial charge >= 0.3 is 12.0 Å². The second-order valence-corrected chi connectivity index (χ2v) is 7.82. The molecule has 0 aromatic heterocycles. The Kier molecular flexibility index (Phi) is 6.39. The summed E-state index contributed by atoms with van der Waals surface area (Å²) in [5.74, 6) is -0.428. The molecule has 4 rings (SSSR count). The molecule has 3 aromatic rings. The van der Waals surface area contributed by atoms with Gasteiger partial charge in [0.05, 0.1) is 18.7 Å².